The maximum atomic E-state index is 12.7. The molecule has 170 valence electrons. The number of aryl methyl sites for hydroxylation is 1. The van der Waals surface area contributed by atoms with Gasteiger partial charge in [-0.2, -0.15) is 10.1 Å². The van der Waals surface area contributed by atoms with Gasteiger partial charge in [-0.15, -0.1) is 0 Å². The number of para-hydroxylation sites is 1. The van der Waals surface area contributed by atoms with E-state index in [2.05, 4.69) is 41.5 Å². The summed E-state index contributed by atoms with van der Waals surface area (Å²) in [7, 11) is 0. The lowest BCUT2D eigenvalue weighted by Gasteiger charge is -2.23. The van der Waals surface area contributed by atoms with Gasteiger partial charge in [-0.25, -0.2) is 5.01 Å². The van der Waals surface area contributed by atoms with E-state index in [0.717, 1.165) is 16.8 Å². The van der Waals surface area contributed by atoms with Gasteiger partial charge in [-0.3, -0.25) is 9.59 Å². The monoisotopic (exact) mass is 468 g/mol. The standard InChI is InChI=1S/C27H24N4O2S/c1-18-12-14-20(15-13-18)23-16-22(19-8-4-2-5-9-19)30-31(23)27-29-26(33)24(34-27)17-25(32)28-21-10-6-3-7-11-21/h2-15,23-24H,16-17H2,1H3,(H,28,32)/t23-,24+/m1/s1. The molecule has 2 atom stereocenters. The molecular formula is C27H24N4O2S. The highest BCUT2D eigenvalue weighted by molar-refractivity contribution is 8.15. The fraction of sp³-hybridized carbons (Fsp3) is 0.185. The number of aliphatic imine (C=N–C) groups is 1. The topological polar surface area (TPSA) is 74.1 Å². The molecule has 0 radical (unpaired) electrons. The normalized spacial score (nSPS) is 19.7. The van der Waals surface area contributed by atoms with Crippen LogP contribution < -0.4 is 5.32 Å². The second-order valence-electron chi connectivity index (χ2n) is 8.35. The SMILES string of the molecule is Cc1ccc([C@H]2CC(c3ccccc3)=NN2C2=NC(=O)[C@H](CC(=O)Nc3ccccc3)S2)cc1. The average molecular weight is 469 g/mol. The molecule has 0 aromatic heterocycles. The number of thioether (sulfide) groups is 1. The molecule has 0 fully saturated rings. The Balaban J connectivity index is 1.35. The van der Waals surface area contributed by atoms with Crippen LogP contribution in [0.25, 0.3) is 0 Å². The predicted octanol–water partition coefficient (Wildman–Crippen LogP) is 5.17. The lowest BCUT2D eigenvalue weighted by molar-refractivity contribution is -0.121. The van der Waals surface area contributed by atoms with Crippen LogP contribution in [0.5, 0.6) is 0 Å². The van der Waals surface area contributed by atoms with Crippen molar-refractivity contribution < 1.29 is 9.59 Å². The molecule has 0 bridgehead atoms. The minimum Gasteiger partial charge on any atom is -0.326 e. The van der Waals surface area contributed by atoms with Gasteiger partial charge in [0.25, 0.3) is 5.91 Å². The van der Waals surface area contributed by atoms with Crippen molar-refractivity contribution in [3.05, 3.63) is 102 Å². The molecule has 2 amide bonds. The molecule has 0 aliphatic carbocycles. The van der Waals surface area contributed by atoms with Gasteiger partial charge in [0.2, 0.25) is 5.91 Å². The Morgan fingerprint density at radius 3 is 2.38 bits per heavy atom. The van der Waals surface area contributed by atoms with Gasteiger partial charge < -0.3 is 5.32 Å². The summed E-state index contributed by atoms with van der Waals surface area (Å²) in [4.78, 5) is 29.5. The second-order valence-corrected chi connectivity index (χ2v) is 9.52. The van der Waals surface area contributed by atoms with E-state index in [4.69, 9.17) is 5.10 Å². The van der Waals surface area contributed by atoms with Gasteiger partial charge in [-0.1, -0.05) is 90.1 Å². The molecule has 5 rings (SSSR count). The summed E-state index contributed by atoms with van der Waals surface area (Å²) in [6.07, 6.45) is 0.768. The zero-order chi connectivity index (χ0) is 23.5. The van der Waals surface area contributed by atoms with Crippen LogP contribution in [-0.4, -0.2) is 33.0 Å². The molecule has 1 N–H and O–H groups in total. The number of anilines is 1. The first-order valence-electron chi connectivity index (χ1n) is 11.2. The van der Waals surface area contributed by atoms with E-state index in [0.29, 0.717) is 17.3 Å². The smallest absolute Gasteiger partial charge is 0.262 e. The number of hydrogen-bond acceptors (Lipinski definition) is 5. The lowest BCUT2D eigenvalue weighted by Crippen LogP contribution is -2.25. The summed E-state index contributed by atoms with van der Waals surface area (Å²) < 4.78 is 0. The van der Waals surface area contributed by atoms with E-state index < -0.39 is 5.25 Å². The third-order valence-corrected chi connectivity index (χ3v) is 6.97. The van der Waals surface area contributed by atoms with E-state index in [1.807, 2.05) is 65.7 Å². The van der Waals surface area contributed by atoms with Gasteiger partial charge in [0.05, 0.1) is 11.8 Å². The second kappa shape index (κ2) is 9.65. The van der Waals surface area contributed by atoms with Crippen LogP contribution >= 0.6 is 11.8 Å². The number of rotatable bonds is 5. The number of amides is 2. The van der Waals surface area contributed by atoms with Crippen LogP contribution in [0.2, 0.25) is 0 Å². The molecule has 3 aromatic carbocycles. The molecule has 0 saturated carbocycles. The number of carbonyl (C=O) groups excluding carboxylic acids is 2. The number of nitrogens with zero attached hydrogens (tertiary/aromatic N) is 3. The Hall–Kier alpha value is -3.71. The molecule has 0 unspecified atom stereocenters. The van der Waals surface area contributed by atoms with E-state index in [1.165, 1.54) is 17.3 Å². The van der Waals surface area contributed by atoms with E-state index in [-0.39, 0.29) is 24.3 Å². The number of hydrazone groups is 1. The van der Waals surface area contributed by atoms with Crippen molar-refractivity contribution in [1.82, 2.24) is 5.01 Å². The predicted molar refractivity (Wildman–Crippen MR) is 137 cm³/mol. The van der Waals surface area contributed by atoms with Crippen molar-refractivity contribution in [1.29, 1.82) is 0 Å². The Bertz CT molecular complexity index is 1260. The summed E-state index contributed by atoms with van der Waals surface area (Å²) in [5, 5.41) is 9.56. The molecule has 34 heavy (non-hydrogen) atoms. The molecule has 2 heterocycles. The highest BCUT2D eigenvalue weighted by Crippen LogP contribution is 2.38. The zero-order valence-electron chi connectivity index (χ0n) is 18.7. The van der Waals surface area contributed by atoms with Crippen LogP contribution in [0.4, 0.5) is 5.69 Å². The Labute approximate surface area is 202 Å². The van der Waals surface area contributed by atoms with E-state index in [9.17, 15) is 9.59 Å². The molecule has 0 saturated heterocycles. The zero-order valence-corrected chi connectivity index (χ0v) is 19.5. The Morgan fingerprint density at radius 2 is 1.68 bits per heavy atom. The third-order valence-electron chi connectivity index (χ3n) is 5.83. The molecule has 2 aliphatic heterocycles. The lowest BCUT2D eigenvalue weighted by atomic mass is 9.98. The van der Waals surface area contributed by atoms with Crippen molar-refractivity contribution in [2.75, 3.05) is 5.32 Å². The summed E-state index contributed by atoms with van der Waals surface area (Å²) in [5.74, 6) is -0.507. The summed E-state index contributed by atoms with van der Waals surface area (Å²) in [6.45, 7) is 2.06. The van der Waals surface area contributed by atoms with Crippen LogP contribution in [-0.2, 0) is 9.59 Å². The van der Waals surface area contributed by atoms with Gasteiger partial charge in [0.1, 0.15) is 5.25 Å². The molecule has 7 heteroatoms. The van der Waals surface area contributed by atoms with Gasteiger partial charge >= 0.3 is 0 Å². The van der Waals surface area contributed by atoms with Crippen molar-refractivity contribution in [3.63, 3.8) is 0 Å². The van der Waals surface area contributed by atoms with E-state index in [1.54, 1.807) is 0 Å². The minimum atomic E-state index is -0.562. The fourth-order valence-corrected chi connectivity index (χ4v) is 5.11. The van der Waals surface area contributed by atoms with Crippen molar-refractivity contribution >= 4 is 40.1 Å². The van der Waals surface area contributed by atoms with Gasteiger partial charge in [0.15, 0.2) is 5.17 Å². The number of carbonyl (C=O) groups is 2. The third kappa shape index (κ3) is 4.79. The summed E-state index contributed by atoms with van der Waals surface area (Å²) >= 11 is 1.31. The Kier molecular flexibility index (Phi) is 6.27. The first-order valence-corrected chi connectivity index (χ1v) is 12.1. The maximum Gasteiger partial charge on any atom is 0.262 e. The van der Waals surface area contributed by atoms with Crippen LogP contribution in [0.3, 0.4) is 0 Å². The van der Waals surface area contributed by atoms with Crippen molar-refractivity contribution in [2.45, 2.75) is 31.1 Å². The number of hydrogen-bond donors (Lipinski definition) is 1. The van der Waals surface area contributed by atoms with Crippen LogP contribution in [0.15, 0.2) is 95.0 Å². The Morgan fingerprint density at radius 1 is 1.00 bits per heavy atom. The van der Waals surface area contributed by atoms with Crippen molar-refractivity contribution in [2.24, 2.45) is 10.1 Å². The highest BCUT2D eigenvalue weighted by atomic mass is 32.2. The average Bonchev–Trinajstić information content (AvgIpc) is 3.45. The quantitative estimate of drug-likeness (QED) is 0.560. The van der Waals surface area contributed by atoms with Gasteiger partial charge in [-0.05, 0) is 30.2 Å². The number of nitrogens with one attached hydrogen (secondary N) is 1. The number of amidine groups is 1. The summed E-state index contributed by atoms with van der Waals surface area (Å²) in [6, 6.07) is 27.6. The van der Waals surface area contributed by atoms with Crippen LogP contribution in [0, 0.1) is 6.92 Å². The first-order chi connectivity index (χ1) is 16.6. The molecular weight excluding hydrogens is 444 g/mol. The highest BCUT2D eigenvalue weighted by Gasteiger charge is 2.39. The molecule has 6 nitrogen and oxygen atoms in total. The van der Waals surface area contributed by atoms with E-state index >= 15 is 0 Å². The maximum absolute atomic E-state index is 12.7. The number of benzene rings is 3. The molecule has 2 aliphatic rings. The minimum absolute atomic E-state index is 0.0592. The largest absolute Gasteiger partial charge is 0.326 e. The first kappa shape index (κ1) is 22.1. The molecule has 3 aromatic rings. The fourth-order valence-electron chi connectivity index (χ4n) is 4.05. The summed E-state index contributed by atoms with van der Waals surface area (Å²) in [5.41, 5.74) is 5.01. The van der Waals surface area contributed by atoms with Crippen molar-refractivity contribution in [3.8, 4) is 0 Å². The van der Waals surface area contributed by atoms with Crippen LogP contribution in [0.1, 0.15) is 35.6 Å². The van der Waals surface area contributed by atoms with Gasteiger partial charge in [0, 0.05) is 18.5 Å². The molecule has 0 spiro atoms.